The van der Waals surface area contributed by atoms with Crippen LogP contribution in [0.3, 0.4) is 0 Å². The molecule has 0 radical (unpaired) electrons. The molecule has 0 saturated carbocycles. The van der Waals surface area contributed by atoms with Gasteiger partial charge in [-0.1, -0.05) is 11.3 Å². The SMILES string of the molecule is Cc1cc(N=Nc2ccc(N3CCCC3)s2)ccc1N=Nc1ccc(N=Nc2nc(N3CCOCC3)ns2)c(C)c1. The van der Waals surface area contributed by atoms with Gasteiger partial charge in [0, 0.05) is 37.7 Å². The number of benzene rings is 2. The van der Waals surface area contributed by atoms with Crippen LogP contribution in [0.1, 0.15) is 24.0 Å². The van der Waals surface area contributed by atoms with Gasteiger partial charge in [-0.05, 0) is 86.3 Å². The summed E-state index contributed by atoms with van der Waals surface area (Å²) in [5.41, 5.74) is 4.97. The van der Waals surface area contributed by atoms with Crippen LogP contribution in [0.15, 0.2) is 79.2 Å². The minimum atomic E-state index is 0.523. The number of thiophene rings is 1. The van der Waals surface area contributed by atoms with Crippen molar-refractivity contribution in [2.24, 2.45) is 30.7 Å². The van der Waals surface area contributed by atoms with E-state index in [-0.39, 0.29) is 0 Å². The fourth-order valence-electron chi connectivity index (χ4n) is 4.56. The van der Waals surface area contributed by atoms with Crippen molar-refractivity contribution in [3.8, 4) is 0 Å². The Morgan fingerprint density at radius 3 is 2.05 bits per heavy atom. The van der Waals surface area contributed by atoms with E-state index < -0.39 is 0 Å². The second-order valence-corrected chi connectivity index (χ2v) is 11.6. The summed E-state index contributed by atoms with van der Waals surface area (Å²) in [6, 6.07) is 15.7. The van der Waals surface area contributed by atoms with Crippen LogP contribution in [0, 0.1) is 13.8 Å². The number of hydrogen-bond acceptors (Lipinski definition) is 13. The first-order valence-electron chi connectivity index (χ1n) is 13.6. The molecule has 0 spiro atoms. The Balaban J connectivity index is 1.07. The zero-order chi connectivity index (χ0) is 28.0. The predicted octanol–water partition coefficient (Wildman–Crippen LogP) is 8.90. The van der Waals surface area contributed by atoms with Crippen molar-refractivity contribution in [3.63, 3.8) is 0 Å². The van der Waals surface area contributed by atoms with Gasteiger partial charge < -0.3 is 14.5 Å². The number of hydrogen-bond donors (Lipinski definition) is 0. The molecular formula is C28H30N10OS2. The lowest BCUT2D eigenvalue weighted by molar-refractivity contribution is 0.122. The van der Waals surface area contributed by atoms with E-state index in [0.717, 1.165) is 65.1 Å². The molecule has 210 valence electrons. The Kier molecular flexibility index (Phi) is 8.44. The average Bonchev–Trinajstić information content (AvgIpc) is 3.78. The van der Waals surface area contributed by atoms with Gasteiger partial charge in [0.1, 0.15) is 5.00 Å². The molecule has 0 bridgehead atoms. The molecule has 41 heavy (non-hydrogen) atoms. The first-order chi connectivity index (χ1) is 20.1. The number of ether oxygens (including phenoxy) is 1. The second-order valence-electron chi connectivity index (χ2n) is 9.82. The Morgan fingerprint density at radius 2 is 1.37 bits per heavy atom. The Bertz CT molecular complexity index is 1580. The molecule has 4 heterocycles. The summed E-state index contributed by atoms with van der Waals surface area (Å²) in [7, 11) is 0. The minimum absolute atomic E-state index is 0.523. The molecule has 0 aliphatic carbocycles. The number of morpholine rings is 1. The van der Waals surface area contributed by atoms with Gasteiger partial charge in [-0.3, -0.25) is 0 Å². The molecule has 0 atom stereocenters. The molecule has 13 heteroatoms. The monoisotopic (exact) mass is 586 g/mol. The zero-order valence-corrected chi connectivity index (χ0v) is 24.6. The van der Waals surface area contributed by atoms with Crippen LogP contribution in [-0.4, -0.2) is 48.8 Å². The molecule has 2 aromatic heterocycles. The van der Waals surface area contributed by atoms with Crippen molar-refractivity contribution in [3.05, 3.63) is 59.7 Å². The zero-order valence-electron chi connectivity index (χ0n) is 23.0. The molecule has 2 saturated heterocycles. The Morgan fingerprint density at radius 1 is 0.707 bits per heavy atom. The summed E-state index contributed by atoms with van der Waals surface area (Å²) in [5, 5.41) is 29.1. The lowest BCUT2D eigenvalue weighted by atomic mass is 10.2. The van der Waals surface area contributed by atoms with Gasteiger partial charge in [-0.25, -0.2) is 0 Å². The normalized spacial score (nSPS) is 16.2. The van der Waals surface area contributed by atoms with Crippen molar-refractivity contribution < 1.29 is 4.74 Å². The maximum atomic E-state index is 5.39. The Hall–Kier alpha value is -3.94. The molecule has 0 amide bonds. The number of aromatic nitrogens is 2. The third-order valence-corrected chi connectivity index (χ3v) is 8.46. The average molecular weight is 587 g/mol. The van der Waals surface area contributed by atoms with Gasteiger partial charge in [-0.15, -0.1) is 20.5 Å². The molecule has 2 aromatic carbocycles. The molecule has 0 N–H and O–H groups in total. The first kappa shape index (κ1) is 27.2. The standard InChI is InChI=1S/C28H30N10OS2/c1-19-18-22(31-34-25-9-10-26(40-25)37-11-3-4-12-37)6-7-23(19)32-30-21-5-8-24(20(2)17-21)33-35-28-29-27(36-41-28)38-13-15-39-16-14-38/h5-10,17-18H,3-4,11-16H2,1-2H3. The van der Waals surface area contributed by atoms with Gasteiger partial charge >= 0.3 is 0 Å². The van der Waals surface area contributed by atoms with Crippen LogP contribution in [0.5, 0.6) is 0 Å². The molecule has 2 fully saturated rings. The number of rotatable bonds is 8. The molecule has 2 aliphatic heterocycles. The fourth-order valence-corrected chi connectivity index (χ4v) is 5.96. The minimum Gasteiger partial charge on any atom is -0.378 e. The van der Waals surface area contributed by atoms with Crippen LogP contribution in [-0.2, 0) is 4.74 Å². The maximum Gasteiger partial charge on any atom is 0.251 e. The second kappa shape index (κ2) is 12.7. The van der Waals surface area contributed by atoms with Crippen molar-refractivity contribution in [2.75, 3.05) is 49.2 Å². The quantitative estimate of drug-likeness (QED) is 0.191. The summed E-state index contributed by atoms with van der Waals surface area (Å²) in [6.45, 7) is 9.17. The molecule has 11 nitrogen and oxygen atoms in total. The van der Waals surface area contributed by atoms with Gasteiger partial charge in [0.05, 0.1) is 41.0 Å². The fraction of sp³-hybridized carbons (Fsp3) is 0.357. The molecule has 0 unspecified atom stereocenters. The van der Waals surface area contributed by atoms with E-state index in [4.69, 9.17) is 4.74 Å². The Labute approximate surface area is 246 Å². The summed E-state index contributed by atoms with van der Waals surface area (Å²) < 4.78 is 9.79. The lowest BCUT2D eigenvalue weighted by Crippen LogP contribution is -2.36. The topological polar surface area (TPSA) is 116 Å². The number of anilines is 2. The molecular weight excluding hydrogens is 557 g/mol. The molecule has 4 aromatic rings. The molecule has 2 aliphatic rings. The van der Waals surface area contributed by atoms with E-state index in [1.807, 2.05) is 56.3 Å². The van der Waals surface area contributed by atoms with Crippen molar-refractivity contribution in [2.45, 2.75) is 26.7 Å². The van der Waals surface area contributed by atoms with Crippen LogP contribution in [0.4, 0.5) is 43.8 Å². The highest BCUT2D eigenvalue weighted by Crippen LogP contribution is 2.35. The maximum absolute atomic E-state index is 5.39. The van der Waals surface area contributed by atoms with Crippen LogP contribution >= 0.6 is 22.9 Å². The highest BCUT2D eigenvalue weighted by molar-refractivity contribution is 7.19. The van der Waals surface area contributed by atoms with Gasteiger partial charge in [0.15, 0.2) is 0 Å². The largest absolute Gasteiger partial charge is 0.378 e. The van der Waals surface area contributed by atoms with Crippen LogP contribution in [0.25, 0.3) is 0 Å². The number of azo groups is 3. The lowest BCUT2D eigenvalue weighted by Gasteiger charge is -2.25. The highest BCUT2D eigenvalue weighted by atomic mass is 32.1. The molecule has 6 rings (SSSR count). The summed E-state index contributed by atoms with van der Waals surface area (Å²) in [4.78, 5) is 8.99. The van der Waals surface area contributed by atoms with Gasteiger partial charge in [-0.2, -0.15) is 19.6 Å². The third kappa shape index (κ3) is 6.87. The smallest absolute Gasteiger partial charge is 0.251 e. The van der Waals surface area contributed by atoms with E-state index in [1.54, 1.807) is 11.3 Å². The van der Waals surface area contributed by atoms with E-state index in [2.05, 4.69) is 55.9 Å². The highest BCUT2D eigenvalue weighted by Gasteiger charge is 2.16. The third-order valence-electron chi connectivity index (χ3n) is 6.84. The van der Waals surface area contributed by atoms with Crippen LogP contribution < -0.4 is 9.80 Å². The summed E-state index contributed by atoms with van der Waals surface area (Å²) >= 11 is 2.92. The van der Waals surface area contributed by atoms with E-state index in [9.17, 15) is 0 Å². The van der Waals surface area contributed by atoms with Gasteiger partial charge in [0.2, 0.25) is 5.95 Å². The number of nitrogens with zero attached hydrogens (tertiary/aromatic N) is 10. The number of aryl methyl sites for hydroxylation is 2. The van der Waals surface area contributed by atoms with E-state index in [1.165, 1.54) is 29.4 Å². The van der Waals surface area contributed by atoms with Crippen molar-refractivity contribution in [1.29, 1.82) is 0 Å². The summed E-state index contributed by atoms with van der Waals surface area (Å²) in [6.07, 6.45) is 2.52. The first-order valence-corrected chi connectivity index (χ1v) is 15.2. The van der Waals surface area contributed by atoms with Crippen molar-refractivity contribution >= 4 is 66.7 Å². The van der Waals surface area contributed by atoms with E-state index >= 15 is 0 Å². The summed E-state index contributed by atoms with van der Waals surface area (Å²) in [5.74, 6) is 0.681. The van der Waals surface area contributed by atoms with Crippen LogP contribution in [0.2, 0.25) is 0 Å². The van der Waals surface area contributed by atoms with E-state index in [0.29, 0.717) is 24.3 Å². The van der Waals surface area contributed by atoms with Crippen molar-refractivity contribution in [1.82, 2.24) is 9.36 Å². The van der Waals surface area contributed by atoms with Gasteiger partial charge in [0.25, 0.3) is 5.13 Å². The predicted molar refractivity (Wildman–Crippen MR) is 164 cm³/mol.